The van der Waals surface area contributed by atoms with Gasteiger partial charge in [-0.15, -0.1) is 25.3 Å². The Hall–Kier alpha value is -0.280. The van der Waals surface area contributed by atoms with Gasteiger partial charge in [0.2, 0.25) is 0 Å². The Balaban J connectivity index is 3.14. The van der Waals surface area contributed by atoms with Crippen LogP contribution in [0.25, 0.3) is 0 Å². The molecule has 0 aliphatic heterocycles. The lowest BCUT2D eigenvalue weighted by atomic mass is 10.3. The minimum atomic E-state index is 0.897. The summed E-state index contributed by atoms with van der Waals surface area (Å²) in [5.74, 6) is 0. The van der Waals surface area contributed by atoms with Gasteiger partial charge in [-0.3, -0.25) is 0 Å². The van der Waals surface area contributed by atoms with Crippen LogP contribution in [0.2, 0.25) is 0 Å². The standard InChI is InChI=1S/C7H9NS2/c1-8-5-3-2-4-6(9)7(5)10/h2-4,8-10H,1H3. The van der Waals surface area contributed by atoms with Crippen LogP contribution in [0.5, 0.6) is 0 Å². The molecule has 0 amide bonds. The van der Waals surface area contributed by atoms with Crippen molar-refractivity contribution in [1.82, 2.24) is 0 Å². The summed E-state index contributed by atoms with van der Waals surface area (Å²) in [5.41, 5.74) is 1.01. The van der Waals surface area contributed by atoms with Crippen LogP contribution in [-0.4, -0.2) is 7.05 Å². The Morgan fingerprint density at radius 2 is 2.00 bits per heavy atom. The monoisotopic (exact) mass is 171 g/mol. The summed E-state index contributed by atoms with van der Waals surface area (Å²) in [6.45, 7) is 0. The average Bonchev–Trinajstić information content (AvgIpc) is 1.95. The van der Waals surface area contributed by atoms with Gasteiger partial charge in [0.1, 0.15) is 0 Å². The summed E-state index contributed by atoms with van der Waals surface area (Å²) >= 11 is 8.46. The zero-order valence-corrected chi connectivity index (χ0v) is 7.42. The van der Waals surface area contributed by atoms with E-state index in [-0.39, 0.29) is 0 Å². The van der Waals surface area contributed by atoms with E-state index in [4.69, 9.17) is 0 Å². The first kappa shape index (κ1) is 7.82. The molecule has 10 heavy (non-hydrogen) atoms. The third-order valence-electron chi connectivity index (χ3n) is 1.28. The molecule has 1 rings (SSSR count). The quantitative estimate of drug-likeness (QED) is 0.551. The molecule has 0 atom stereocenters. The van der Waals surface area contributed by atoms with Crippen molar-refractivity contribution in [3.63, 3.8) is 0 Å². The van der Waals surface area contributed by atoms with E-state index in [1.165, 1.54) is 0 Å². The zero-order valence-electron chi connectivity index (χ0n) is 5.63. The van der Waals surface area contributed by atoms with Gasteiger partial charge in [0.25, 0.3) is 0 Å². The summed E-state index contributed by atoms with van der Waals surface area (Å²) in [6, 6.07) is 5.81. The van der Waals surface area contributed by atoms with Gasteiger partial charge in [-0.25, -0.2) is 0 Å². The number of hydrogen-bond acceptors (Lipinski definition) is 3. The highest BCUT2D eigenvalue weighted by Crippen LogP contribution is 2.25. The number of hydrogen-bond donors (Lipinski definition) is 3. The first-order valence-corrected chi connectivity index (χ1v) is 3.84. The molecule has 1 aromatic carbocycles. The fourth-order valence-electron chi connectivity index (χ4n) is 0.733. The van der Waals surface area contributed by atoms with Crippen LogP contribution in [0, 0.1) is 0 Å². The van der Waals surface area contributed by atoms with E-state index in [2.05, 4.69) is 30.6 Å². The zero-order chi connectivity index (χ0) is 7.56. The average molecular weight is 171 g/mol. The third-order valence-corrected chi connectivity index (χ3v) is 2.31. The highest BCUT2D eigenvalue weighted by Gasteiger charge is 1.97. The molecular formula is C7H9NS2. The smallest absolute Gasteiger partial charge is 0.0484 e. The number of benzene rings is 1. The van der Waals surface area contributed by atoms with Crippen molar-refractivity contribution in [3.05, 3.63) is 18.2 Å². The normalized spacial score (nSPS) is 9.50. The van der Waals surface area contributed by atoms with Gasteiger partial charge in [-0.2, -0.15) is 0 Å². The molecule has 0 bridgehead atoms. The Labute approximate surface area is 71.7 Å². The van der Waals surface area contributed by atoms with Crippen molar-refractivity contribution in [2.24, 2.45) is 0 Å². The van der Waals surface area contributed by atoms with Crippen molar-refractivity contribution < 1.29 is 0 Å². The molecule has 0 unspecified atom stereocenters. The molecule has 3 heteroatoms. The van der Waals surface area contributed by atoms with Gasteiger partial charge in [-0.05, 0) is 12.1 Å². The number of rotatable bonds is 1. The van der Waals surface area contributed by atoms with Gasteiger partial charge in [0, 0.05) is 22.5 Å². The molecule has 0 aliphatic carbocycles. The lowest BCUT2D eigenvalue weighted by Gasteiger charge is -2.04. The minimum absolute atomic E-state index is 0.897. The molecular weight excluding hydrogens is 162 g/mol. The fourth-order valence-corrected chi connectivity index (χ4v) is 1.20. The van der Waals surface area contributed by atoms with Crippen molar-refractivity contribution in [1.29, 1.82) is 0 Å². The summed E-state index contributed by atoms with van der Waals surface area (Å²) in [7, 11) is 1.86. The molecule has 0 fully saturated rings. The molecule has 1 nitrogen and oxygen atoms in total. The van der Waals surface area contributed by atoms with E-state index in [0.29, 0.717) is 0 Å². The Bertz CT molecular complexity index is 235. The molecule has 0 saturated carbocycles. The second kappa shape index (κ2) is 3.21. The van der Waals surface area contributed by atoms with Gasteiger partial charge in [-0.1, -0.05) is 6.07 Å². The topological polar surface area (TPSA) is 12.0 Å². The first-order chi connectivity index (χ1) is 4.75. The molecule has 0 spiro atoms. The second-order valence-corrected chi connectivity index (χ2v) is 2.85. The van der Waals surface area contributed by atoms with Crippen LogP contribution in [-0.2, 0) is 0 Å². The molecule has 0 aliphatic rings. The lowest BCUT2D eigenvalue weighted by Crippen LogP contribution is -1.88. The second-order valence-electron chi connectivity index (χ2n) is 1.92. The van der Waals surface area contributed by atoms with Crippen molar-refractivity contribution in [2.45, 2.75) is 9.79 Å². The maximum absolute atomic E-state index is 4.25. The highest BCUT2D eigenvalue weighted by molar-refractivity contribution is 7.83. The maximum Gasteiger partial charge on any atom is 0.0484 e. The van der Waals surface area contributed by atoms with Crippen LogP contribution >= 0.6 is 25.3 Å². The molecule has 0 radical (unpaired) electrons. The third kappa shape index (κ3) is 1.41. The maximum atomic E-state index is 4.25. The van der Waals surface area contributed by atoms with Crippen LogP contribution in [0.1, 0.15) is 0 Å². The van der Waals surface area contributed by atoms with Crippen molar-refractivity contribution >= 4 is 30.9 Å². The molecule has 1 aromatic rings. The molecule has 54 valence electrons. The Morgan fingerprint density at radius 1 is 1.30 bits per heavy atom. The van der Waals surface area contributed by atoms with Crippen LogP contribution in [0.15, 0.2) is 28.0 Å². The number of thiol groups is 2. The summed E-state index contributed by atoms with van der Waals surface area (Å²) < 4.78 is 0. The largest absolute Gasteiger partial charge is 0.387 e. The fraction of sp³-hybridized carbons (Fsp3) is 0.143. The SMILES string of the molecule is CNc1cccc(S)c1S. The molecule has 0 aromatic heterocycles. The van der Waals surface area contributed by atoms with Gasteiger partial charge < -0.3 is 5.32 Å². The van der Waals surface area contributed by atoms with Gasteiger partial charge in [0.05, 0.1) is 0 Å². The molecule has 0 saturated heterocycles. The predicted octanol–water partition coefficient (Wildman–Crippen LogP) is 2.31. The minimum Gasteiger partial charge on any atom is -0.387 e. The van der Waals surface area contributed by atoms with E-state index in [9.17, 15) is 0 Å². The Morgan fingerprint density at radius 3 is 2.50 bits per heavy atom. The van der Waals surface area contributed by atoms with E-state index >= 15 is 0 Å². The first-order valence-electron chi connectivity index (χ1n) is 2.94. The van der Waals surface area contributed by atoms with Gasteiger partial charge >= 0.3 is 0 Å². The van der Waals surface area contributed by atoms with Crippen LogP contribution in [0.3, 0.4) is 0 Å². The highest BCUT2D eigenvalue weighted by atomic mass is 32.1. The predicted molar refractivity (Wildman–Crippen MR) is 50.5 cm³/mol. The number of nitrogens with one attached hydrogen (secondary N) is 1. The summed E-state index contributed by atoms with van der Waals surface area (Å²) in [5, 5.41) is 3.01. The summed E-state index contributed by atoms with van der Waals surface area (Å²) in [4.78, 5) is 1.79. The van der Waals surface area contributed by atoms with Crippen molar-refractivity contribution in [3.8, 4) is 0 Å². The Kier molecular flexibility index (Phi) is 2.51. The van der Waals surface area contributed by atoms with Gasteiger partial charge in [0.15, 0.2) is 0 Å². The molecule has 0 heterocycles. The summed E-state index contributed by atoms with van der Waals surface area (Å²) in [6.07, 6.45) is 0. The van der Waals surface area contributed by atoms with Crippen LogP contribution in [0.4, 0.5) is 5.69 Å². The number of anilines is 1. The van der Waals surface area contributed by atoms with Crippen molar-refractivity contribution in [2.75, 3.05) is 12.4 Å². The molecule has 1 N–H and O–H groups in total. The lowest BCUT2D eigenvalue weighted by molar-refractivity contribution is 1.25. The van der Waals surface area contributed by atoms with E-state index in [1.54, 1.807) is 0 Å². The van der Waals surface area contributed by atoms with Crippen LogP contribution < -0.4 is 5.32 Å². The van der Waals surface area contributed by atoms with E-state index in [1.807, 2.05) is 25.2 Å². The van der Waals surface area contributed by atoms with E-state index in [0.717, 1.165) is 15.5 Å². The van der Waals surface area contributed by atoms with E-state index < -0.39 is 0 Å².